The number of carbonyl (C=O) groups excluding carboxylic acids is 1. The van der Waals surface area contributed by atoms with Crippen molar-refractivity contribution in [1.29, 1.82) is 0 Å². The van der Waals surface area contributed by atoms with E-state index in [1.54, 1.807) is 0 Å². The van der Waals surface area contributed by atoms with Gasteiger partial charge in [0, 0.05) is 49.4 Å². The second-order valence-electron chi connectivity index (χ2n) is 11.7. The summed E-state index contributed by atoms with van der Waals surface area (Å²) < 4.78 is 25.5. The van der Waals surface area contributed by atoms with Gasteiger partial charge in [0.25, 0.3) is 0 Å². The second kappa shape index (κ2) is 7.28. The predicted molar refractivity (Wildman–Crippen MR) is 121 cm³/mol. The molecule has 3 atom stereocenters. The molecule has 1 aromatic carbocycles. The third-order valence-electron chi connectivity index (χ3n) is 7.40. The van der Waals surface area contributed by atoms with Crippen molar-refractivity contribution in [3.63, 3.8) is 0 Å². The molecule has 1 aromatic rings. The number of likely N-dealkylation sites (tertiary alicyclic amines) is 1. The molecule has 4 heterocycles. The van der Waals surface area contributed by atoms with Crippen LogP contribution < -0.4 is 9.47 Å². The third-order valence-corrected chi connectivity index (χ3v) is 7.40. The number of hydrogen-bond acceptors (Lipinski definition) is 5. The summed E-state index contributed by atoms with van der Waals surface area (Å²) >= 11 is 0. The molecule has 6 heteroatoms. The van der Waals surface area contributed by atoms with Crippen molar-refractivity contribution < 1.29 is 23.7 Å². The molecule has 0 bridgehead atoms. The van der Waals surface area contributed by atoms with E-state index >= 15 is 0 Å². The van der Waals surface area contributed by atoms with Crippen molar-refractivity contribution in [1.82, 2.24) is 4.90 Å². The zero-order valence-electron chi connectivity index (χ0n) is 20.3. The van der Waals surface area contributed by atoms with E-state index in [0.717, 1.165) is 49.2 Å². The summed E-state index contributed by atoms with van der Waals surface area (Å²) in [4.78, 5) is 14.5. The van der Waals surface area contributed by atoms with Crippen LogP contribution in [0.2, 0.25) is 0 Å². The summed E-state index contributed by atoms with van der Waals surface area (Å²) in [5, 5.41) is 0. The van der Waals surface area contributed by atoms with Crippen molar-refractivity contribution in [2.75, 3.05) is 13.1 Å². The molecule has 1 amide bonds. The fraction of sp³-hybridized carbons (Fsp3) is 0.731. The first kappa shape index (κ1) is 21.9. The van der Waals surface area contributed by atoms with E-state index in [2.05, 4.69) is 32.9 Å². The van der Waals surface area contributed by atoms with E-state index in [4.69, 9.17) is 18.9 Å². The average molecular weight is 444 g/mol. The molecule has 0 N–H and O–H groups in total. The van der Waals surface area contributed by atoms with Gasteiger partial charge >= 0.3 is 6.09 Å². The van der Waals surface area contributed by atoms with Crippen LogP contribution in [0.25, 0.3) is 0 Å². The van der Waals surface area contributed by atoms with Crippen molar-refractivity contribution in [3.8, 4) is 11.5 Å². The molecule has 4 aliphatic rings. The quantitative estimate of drug-likeness (QED) is 0.536. The highest BCUT2D eigenvalue weighted by atomic mass is 16.6. The Morgan fingerprint density at radius 3 is 2.50 bits per heavy atom. The third kappa shape index (κ3) is 3.74. The Kier molecular flexibility index (Phi) is 4.97. The highest BCUT2D eigenvalue weighted by Gasteiger charge is 2.55. The molecule has 4 aliphatic heterocycles. The molecule has 5 rings (SSSR count). The molecule has 2 fully saturated rings. The molecule has 0 aromatic heterocycles. The number of ether oxygens (including phenoxy) is 4. The van der Waals surface area contributed by atoms with Gasteiger partial charge in [-0.15, -0.1) is 0 Å². The van der Waals surface area contributed by atoms with Gasteiger partial charge in [-0.2, -0.15) is 0 Å². The molecule has 0 saturated carbocycles. The minimum atomic E-state index is -0.490. The molecule has 1 spiro atoms. The van der Waals surface area contributed by atoms with E-state index in [9.17, 15) is 4.79 Å². The maximum absolute atomic E-state index is 12.7. The molecule has 32 heavy (non-hydrogen) atoms. The van der Waals surface area contributed by atoms with Gasteiger partial charge in [0.2, 0.25) is 0 Å². The molecule has 0 unspecified atom stereocenters. The van der Waals surface area contributed by atoms with Crippen LogP contribution in [0.15, 0.2) is 12.1 Å². The predicted octanol–water partition coefficient (Wildman–Crippen LogP) is 5.42. The fourth-order valence-electron chi connectivity index (χ4n) is 5.92. The molecular formula is C26H37NO5. The molecule has 2 saturated heterocycles. The summed E-state index contributed by atoms with van der Waals surface area (Å²) in [6, 6.07) is 4.38. The second-order valence-corrected chi connectivity index (χ2v) is 11.7. The van der Waals surface area contributed by atoms with E-state index in [1.165, 1.54) is 5.56 Å². The topological polar surface area (TPSA) is 57.2 Å². The number of benzene rings is 1. The first-order valence-corrected chi connectivity index (χ1v) is 12.1. The van der Waals surface area contributed by atoms with Crippen LogP contribution in [0.5, 0.6) is 11.5 Å². The number of carbonyl (C=O) groups is 1. The fourth-order valence-corrected chi connectivity index (χ4v) is 5.92. The van der Waals surface area contributed by atoms with E-state index < -0.39 is 5.60 Å². The minimum Gasteiger partial charge on any atom is -0.483 e. The average Bonchev–Trinajstić information content (AvgIpc) is 3.02. The van der Waals surface area contributed by atoms with Gasteiger partial charge < -0.3 is 23.8 Å². The van der Waals surface area contributed by atoms with Gasteiger partial charge in [-0.25, -0.2) is 4.79 Å². The summed E-state index contributed by atoms with van der Waals surface area (Å²) in [7, 11) is 0. The lowest BCUT2D eigenvalue weighted by Crippen LogP contribution is -2.58. The zero-order chi connectivity index (χ0) is 22.9. The van der Waals surface area contributed by atoms with Crippen LogP contribution >= 0.6 is 0 Å². The summed E-state index contributed by atoms with van der Waals surface area (Å²) in [5.41, 5.74) is 1.26. The lowest BCUT2D eigenvalue weighted by molar-refractivity contribution is -0.169. The Morgan fingerprint density at radius 2 is 1.81 bits per heavy atom. The van der Waals surface area contributed by atoms with Crippen molar-refractivity contribution in [2.45, 2.75) is 103 Å². The highest BCUT2D eigenvalue weighted by molar-refractivity contribution is 5.68. The Labute approximate surface area is 191 Å². The van der Waals surface area contributed by atoms with Crippen LogP contribution in [0.3, 0.4) is 0 Å². The first-order valence-electron chi connectivity index (χ1n) is 12.1. The number of rotatable bonds is 0. The van der Waals surface area contributed by atoms with Gasteiger partial charge in [0.05, 0.1) is 12.2 Å². The maximum atomic E-state index is 12.7. The Balaban J connectivity index is 1.45. The van der Waals surface area contributed by atoms with Gasteiger partial charge in [-0.05, 0) is 54.4 Å². The van der Waals surface area contributed by atoms with E-state index in [-0.39, 0.29) is 35.4 Å². The minimum absolute atomic E-state index is 0.00758. The highest BCUT2D eigenvalue weighted by Crippen LogP contribution is 2.58. The summed E-state index contributed by atoms with van der Waals surface area (Å²) in [5.74, 6) is 2.04. The van der Waals surface area contributed by atoms with Crippen molar-refractivity contribution >= 4 is 6.09 Å². The van der Waals surface area contributed by atoms with Gasteiger partial charge in [-0.1, -0.05) is 12.1 Å². The maximum Gasteiger partial charge on any atom is 0.410 e. The number of amides is 1. The van der Waals surface area contributed by atoms with Crippen molar-refractivity contribution in [3.05, 3.63) is 23.3 Å². The Morgan fingerprint density at radius 1 is 1.09 bits per heavy atom. The Hall–Kier alpha value is -1.95. The van der Waals surface area contributed by atoms with Crippen LogP contribution in [0.1, 0.15) is 84.5 Å². The molecule has 176 valence electrons. The normalized spacial score (nSPS) is 29.9. The smallest absolute Gasteiger partial charge is 0.410 e. The zero-order valence-corrected chi connectivity index (χ0v) is 20.3. The van der Waals surface area contributed by atoms with Crippen molar-refractivity contribution in [2.24, 2.45) is 5.92 Å². The largest absolute Gasteiger partial charge is 0.483 e. The van der Waals surface area contributed by atoms with E-state index in [1.807, 2.05) is 25.7 Å². The molecule has 0 radical (unpaired) electrons. The summed E-state index contributed by atoms with van der Waals surface area (Å²) in [6.07, 6.45) is 4.53. The molecular weight excluding hydrogens is 406 g/mol. The van der Waals surface area contributed by atoms with Gasteiger partial charge in [0.15, 0.2) is 11.5 Å². The molecule has 6 nitrogen and oxygen atoms in total. The van der Waals surface area contributed by atoms with Crippen LogP contribution in [-0.2, 0) is 15.9 Å². The first-order chi connectivity index (χ1) is 15.0. The van der Waals surface area contributed by atoms with E-state index in [0.29, 0.717) is 13.1 Å². The number of piperidine rings is 1. The lowest BCUT2D eigenvalue weighted by Gasteiger charge is -2.54. The lowest BCUT2D eigenvalue weighted by atomic mass is 9.69. The van der Waals surface area contributed by atoms with Crippen LogP contribution in [0, 0.1) is 5.92 Å². The SMILES string of the molecule is C[C@@H]1CC[C@@H]2[C@@H](O1)c1ccc3c(c1OC21CCN(C(=O)OC(C)(C)C)CC1)OC(C)(C)C3. The van der Waals surface area contributed by atoms with Crippen LogP contribution in [-0.4, -0.2) is 47.0 Å². The number of nitrogens with zero attached hydrogens (tertiary/aromatic N) is 1. The van der Waals surface area contributed by atoms with Gasteiger partial charge in [0.1, 0.15) is 16.8 Å². The standard InChI is InChI=1S/C26H37NO5/c1-16-7-10-19-21(29-16)18-9-8-17-15-25(5,6)30-20(17)22(18)31-26(19)11-13-27(14-12-26)23(28)32-24(2,3)4/h8-9,16,19,21H,7,10-15H2,1-6H3/t16-,19-,21+/m1/s1. The Bertz CT molecular complexity index is 910. The number of fused-ring (bicyclic) bond motifs is 6. The monoisotopic (exact) mass is 443 g/mol. The van der Waals surface area contributed by atoms with Crippen LogP contribution in [0.4, 0.5) is 4.79 Å². The molecule has 0 aliphatic carbocycles. The summed E-state index contributed by atoms with van der Waals surface area (Å²) in [6.45, 7) is 13.4. The van der Waals surface area contributed by atoms with Gasteiger partial charge in [-0.3, -0.25) is 0 Å². The number of hydrogen-bond donors (Lipinski definition) is 0.